The Labute approximate surface area is 151 Å². The van der Waals surface area contributed by atoms with Crippen molar-refractivity contribution in [2.24, 2.45) is 0 Å². The third-order valence-electron chi connectivity index (χ3n) is 3.11. The van der Waals surface area contributed by atoms with Crippen LogP contribution in [0.3, 0.4) is 0 Å². The maximum Gasteiger partial charge on any atom is 0.262 e. The first-order chi connectivity index (χ1) is 11.9. The van der Waals surface area contributed by atoms with Gasteiger partial charge in [-0.1, -0.05) is 17.7 Å². The van der Waals surface area contributed by atoms with Crippen molar-refractivity contribution in [2.75, 3.05) is 17.2 Å². The van der Waals surface area contributed by atoms with Gasteiger partial charge in [-0.2, -0.15) is 0 Å². The molecule has 7 heteroatoms. The molecule has 6 nitrogen and oxygen atoms in total. The van der Waals surface area contributed by atoms with Crippen LogP contribution in [-0.4, -0.2) is 23.5 Å². The Kier molecular flexibility index (Phi) is 6.47. The summed E-state index contributed by atoms with van der Waals surface area (Å²) >= 11 is 4.97. The summed E-state index contributed by atoms with van der Waals surface area (Å²) in [5.41, 5.74) is 2.46. The van der Waals surface area contributed by atoms with E-state index >= 15 is 0 Å². The highest BCUT2D eigenvalue weighted by atomic mass is 32.1. The molecule has 0 saturated carbocycles. The Morgan fingerprint density at radius 1 is 0.960 bits per heavy atom. The molecule has 0 spiro atoms. The minimum atomic E-state index is -0.255. The monoisotopic (exact) mass is 357 g/mol. The Balaban J connectivity index is 1.81. The molecule has 0 fully saturated rings. The summed E-state index contributed by atoms with van der Waals surface area (Å²) in [6, 6.07) is 14.4. The van der Waals surface area contributed by atoms with Crippen LogP contribution in [0.4, 0.5) is 11.4 Å². The van der Waals surface area contributed by atoms with Gasteiger partial charge < -0.3 is 20.7 Å². The molecule has 0 aromatic heterocycles. The van der Waals surface area contributed by atoms with Crippen LogP contribution < -0.4 is 20.7 Å². The van der Waals surface area contributed by atoms with Crippen LogP contribution in [-0.2, 0) is 9.59 Å². The molecule has 2 aromatic carbocycles. The van der Waals surface area contributed by atoms with Gasteiger partial charge >= 0.3 is 0 Å². The van der Waals surface area contributed by atoms with Gasteiger partial charge in [0.2, 0.25) is 5.91 Å². The van der Waals surface area contributed by atoms with Gasteiger partial charge in [0.25, 0.3) is 5.91 Å². The SMILES string of the molecule is CC(=O)NC(=S)Nc1ccc(NC(=O)COc2ccc(C)cc2)cc1. The second-order valence-electron chi connectivity index (χ2n) is 5.36. The largest absolute Gasteiger partial charge is 0.484 e. The van der Waals surface area contributed by atoms with Crippen LogP contribution in [0.25, 0.3) is 0 Å². The van der Waals surface area contributed by atoms with E-state index in [1.54, 1.807) is 24.3 Å². The average Bonchev–Trinajstić information content (AvgIpc) is 2.55. The Hall–Kier alpha value is -2.93. The van der Waals surface area contributed by atoms with Crippen molar-refractivity contribution in [3.05, 3.63) is 54.1 Å². The molecular formula is C18H19N3O3S. The summed E-state index contributed by atoms with van der Waals surface area (Å²) in [7, 11) is 0. The van der Waals surface area contributed by atoms with Crippen LogP contribution in [0.15, 0.2) is 48.5 Å². The van der Waals surface area contributed by atoms with Gasteiger partial charge in [0.1, 0.15) is 5.75 Å². The second-order valence-corrected chi connectivity index (χ2v) is 5.77. The molecule has 130 valence electrons. The van der Waals surface area contributed by atoms with Gasteiger partial charge in [-0.15, -0.1) is 0 Å². The number of aryl methyl sites for hydroxylation is 1. The zero-order valence-corrected chi connectivity index (χ0v) is 14.8. The van der Waals surface area contributed by atoms with E-state index in [2.05, 4.69) is 16.0 Å². The highest BCUT2D eigenvalue weighted by Gasteiger charge is 2.05. The van der Waals surface area contributed by atoms with Crippen LogP contribution in [0.2, 0.25) is 0 Å². The predicted octanol–water partition coefficient (Wildman–Crippen LogP) is 2.85. The summed E-state index contributed by atoms with van der Waals surface area (Å²) in [5, 5.41) is 8.30. The Morgan fingerprint density at radius 2 is 1.52 bits per heavy atom. The number of hydrogen-bond donors (Lipinski definition) is 3. The first-order valence-corrected chi connectivity index (χ1v) is 8.01. The Morgan fingerprint density at radius 3 is 2.08 bits per heavy atom. The summed E-state index contributed by atoms with van der Waals surface area (Å²) < 4.78 is 5.43. The second kappa shape index (κ2) is 8.79. The smallest absolute Gasteiger partial charge is 0.262 e. The zero-order valence-electron chi connectivity index (χ0n) is 14.0. The number of carbonyl (C=O) groups is 2. The molecular weight excluding hydrogens is 338 g/mol. The van der Waals surface area contributed by atoms with Gasteiger partial charge in [-0.05, 0) is 55.5 Å². The minimum absolute atomic E-state index is 0.0737. The molecule has 0 radical (unpaired) electrons. The number of rotatable bonds is 5. The number of nitrogens with one attached hydrogen (secondary N) is 3. The molecule has 25 heavy (non-hydrogen) atoms. The first kappa shape index (κ1) is 18.4. The highest BCUT2D eigenvalue weighted by molar-refractivity contribution is 7.80. The normalized spacial score (nSPS) is 9.84. The van der Waals surface area contributed by atoms with E-state index < -0.39 is 0 Å². The van der Waals surface area contributed by atoms with Crippen molar-refractivity contribution < 1.29 is 14.3 Å². The van der Waals surface area contributed by atoms with Gasteiger partial charge in [-0.25, -0.2) is 0 Å². The maximum absolute atomic E-state index is 11.9. The number of anilines is 2. The molecule has 0 saturated heterocycles. The summed E-state index contributed by atoms with van der Waals surface area (Å²) in [5.74, 6) is 0.150. The summed E-state index contributed by atoms with van der Waals surface area (Å²) in [6.45, 7) is 3.29. The van der Waals surface area contributed by atoms with Gasteiger partial charge in [0.15, 0.2) is 11.7 Å². The van der Waals surface area contributed by atoms with Crippen molar-refractivity contribution >= 4 is 40.5 Å². The van der Waals surface area contributed by atoms with E-state index in [9.17, 15) is 9.59 Å². The fourth-order valence-electron chi connectivity index (χ4n) is 1.94. The van der Waals surface area contributed by atoms with Gasteiger partial charge in [0, 0.05) is 18.3 Å². The molecule has 2 amide bonds. The number of carbonyl (C=O) groups excluding carboxylic acids is 2. The van der Waals surface area contributed by atoms with E-state index in [0.717, 1.165) is 5.56 Å². The molecule has 0 aliphatic carbocycles. The minimum Gasteiger partial charge on any atom is -0.484 e. The molecule has 2 rings (SSSR count). The molecule has 0 aliphatic heterocycles. The molecule has 0 atom stereocenters. The molecule has 0 bridgehead atoms. The third-order valence-corrected chi connectivity index (χ3v) is 3.31. The quantitative estimate of drug-likeness (QED) is 0.717. The van der Waals surface area contributed by atoms with Crippen LogP contribution in [0, 0.1) is 6.92 Å². The van der Waals surface area contributed by atoms with Crippen molar-refractivity contribution in [3.8, 4) is 5.75 Å². The van der Waals surface area contributed by atoms with E-state index in [4.69, 9.17) is 17.0 Å². The number of hydrogen-bond acceptors (Lipinski definition) is 4. The number of benzene rings is 2. The van der Waals surface area contributed by atoms with Crippen LogP contribution >= 0.6 is 12.2 Å². The number of amides is 2. The lowest BCUT2D eigenvalue weighted by atomic mass is 10.2. The Bertz CT molecular complexity index is 758. The van der Waals surface area contributed by atoms with E-state index in [-0.39, 0.29) is 23.5 Å². The fraction of sp³-hybridized carbons (Fsp3) is 0.167. The van der Waals surface area contributed by atoms with E-state index in [1.165, 1.54) is 6.92 Å². The summed E-state index contributed by atoms with van der Waals surface area (Å²) in [4.78, 5) is 22.8. The predicted molar refractivity (Wildman–Crippen MR) is 102 cm³/mol. The lowest BCUT2D eigenvalue weighted by Crippen LogP contribution is -2.32. The van der Waals surface area contributed by atoms with Gasteiger partial charge in [0.05, 0.1) is 0 Å². The standard InChI is InChI=1S/C18H19N3O3S/c1-12-3-9-16(10-4-12)24-11-17(23)20-14-5-7-15(8-6-14)21-18(25)19-13(2)22/h3-10H,11H2,1-2H3,(H,20,23)(H2,19,21,22,25). The molecule has 0 heterocycles. The lowest BCUT2D eigenvalue weighted by molar-refractivity contribution is -0.118. The van der Waals surface area contributed by atoms with Crippen LogP contribution in [0.1, 0.15) is 12.5 Å². The van der Waals surface area contributed by atoms with Crippen molar-refractivity contribution in [3.63, 3.8) is 0 Å². The molecule has 3 N–H and O–H groups in total. The number of thiocarbonyl (C=S) groups is 1. The fourth-order valence-corrected chi connectivity index (χ4v) is 2.20. The summed E-state index contributed by atoms with van der Waals surface area (Å²) in [6.07, 6.45) is 0. The van der Waals surface area contributed by atoms with Crippen molar-refractivity contribution in [1.82, 2.24) is 5.32 Å². The maximum atomic E-state index is 11.9. The van der Waals surface area contributed by atoms with Crippen molar-refractivity contribution in [1.29, 1.82) is 0 Å². The first-order valence-electron chi connectivity index (χ1n) is 7.60. The van der Waals surface area contributed by atoms with Gasteiger partial charge in [-0.3, -0.25) is 9.59 Å². The van der Waals surface area contributed by atoms with E-state index in [1.807, 2.05) is 31.2 Å². The lowest BCUT2D eigenvalue weighted by Gasteiger charge is -2.10. The third kappa shape index (κ3) is 6.60. The molecule has 2 aromatic rings. The highest BCUT2D eigenvalue weighted by Crippen LogP contribution is 2.14. The molecule has 0 unspecified atom stereocenters. The van der Waals surface area contributed by atoms with Crippen molar-refractivity contribution in [2.45, 2.75) is 13.8 Å². The van der Waals surface area contributed by atoms with E-state index in [0.29, 0.717) is 17.1 Å². The average molecular weight is 357 g/mol. The van der Waals surface area contributed by atoms with Crippen LogP contribution in [0.5, 0.6) is 5.75 Å². The molecule has 0 aliphatic rings. The zero-order chi connectivity index (χ0) is 18.2. The topological polar surface area (TPSA) is 79.5 Å². The number of ether oxygens (including phenoxy) is 1.